The van der Waals surface area contributed by atoms with Gasteiger partial charge >= 0.3 is 0 Å². The quantitative estimate of drug-likeness (QED) is 0.752. The van der Waals surface area contributed by atoms with Gasteiger partial charge in [-0.2, -0.15) is 0 Å². The highest BCUT2D eigenvalue weighted by Gasteiger charge is 2.44. The molecule has 1 aliphatic carbocycles. The lowest BCUT2D eigenvalue weighted by Crippen LogP contribution is -2.34. The fraction of sp³-hybridized carbons (Fsp3) is 0.478. The number of Topliss-reactive ketones (excluding diaryl/α,β-unsaturated/α-hetero) is 1. The maximum absolute atomic E-state index is 13.3. The molecule has 0 bridgehead atoms. The first-order valence-electron chi connectivity index (χ1n) is 9.92. The van der Waals surface area contributed by atoms with Gasteiger partial charge in [0, 0.05) is 29.0 Å². The molecule has 1 aliphatic heterocycles. The number of benzene rings is 1. The highest BCUT2D eigenvalue weighted by atomic mass is 16.5. The van der Waals surface area contributed by atoms with E-state index < -0.39 is 0 Å². The van der Waals surface area contributed by atoms with Crippen LogP contribution in [0.3, 0.4) is 0 Å². The summed E-state index contributed by atoms with van der Waals surface area (Å²) in [5.74, 6) is 0.802. The van der Waals surface area contributed by atoms with E-state index in [1.807, 2.05) is 6.07 Å². The summed E-state index contributed by atoms with van der Waals surface area (Å²) in [7, 11) is 1.52. The van der Waals surface area contributed by atoms with Gasteiger partial charge in [-0.05, 0) is 29.5 Å². The van der Waals surface area contributed by atoms with Crippen molar-refractivity contribution in [1.82, 2.24) is 5.16 Å². The smallest absolute Gasteiger partial charge is 0.233 e. The monoisotopic (exact) mass is 396 g/mol. The van der Waals surface area contributed by atoms with Crippen molar-refractivity contribution in [1.29, 1.82) is 0 Å². The van der Waals surface area contributed by atoms with Crippen LogP contribution in [0.4, 0.5) is 5.88 Å². The number of nitrogens with one attached hydrogen (secondary N) is 1. The van der Waals surface area contributed by atoms with Gasteiger partial charge in [-0.25, -0.2) is 0 Å². The predicted molar refractivity (Wildman–Crippen MR) is 110 cm³/mol. The van der Waals surface area contributed by atoms with E-state index in [9.17, 15) is 9.90 Å². The van der Waals surface area contributed by atoms with Crippen molar-refractivity contribution in [3.8, 4) is 11.5 Å². The summed E-state index contributed by atoms with van der Waals surface area (Å²) < 4.78 is 10.9. The molecule has 2 N–H and O–H groups in total. The van der Waals surface area contributed by atoms with E-state index in [1.165, 1.54) is 7.11 Å². The number of rotatable bonds is 2. The molecule has 6 nitrogen and oxygen atoms in total. The van der Waals surface area contributed by atoms with Gasteiger partial charge < -0.3 is 19.7 Å². The molecule has 1 atom stereocenters. The maximum atomic E-state index is 13.3. The van der Waals surface area contributed by atoms with Crippen LogP contribution in [0.5, 0.6) is 11.5 Å². The molecule has 0 unspecified atom stereocenters. The Kier molecular flexibility index (Phi) is 4.30. The standard InChI is InChI=1S/C23H28N2O4/c1-22(2,3)20-19-17(12-7-8-16(28-6)14(26)9-12)18-13(24-21(19)29-25-20)10-23(4,5)11-15(18)27/h7-9,17,24,26H,10-11H2,1-6H3/t17-/m1/s1. The highest BCUT2D eigenvalue weighted by Crippen LogP contribution is 2.52. The number of ether oxygens (including phenoxy) is 1. The van der Waals surface area contributed by atoms with Crippen LogP contribution in [0.1, 0.15) is 70.2 Å². The topological polar surface area (TPSA) is 84.6 Å². The van der Waals surface area contributed by atoms with Crippen LogP contribution >= 0.6 is 0 Å². The predicted octanol–water partition coefficient (Wildman–Crippen LogP) is 4.89. The minimum Gasteiger partial charge on any atom is -0.504 e. The molecule has 1 aromatic heterocycles. The van der Waals surface area contributed by atoms with Crippen molar-refractivity contribution < 1.29 is 19.2 Å². The Morgan fingerprint density at radius 1 is 1.28 bits per heavy atom. The number of nitrogens with zero attached hydrogens (tertiary/aromatic N) is 1. The number of carbonyl (C=O) groups is 1. The summed E-state index contributed by atoms with van der Waals surface area (Å²) in [4.78, 5) is 13.3. The van der Waals surface area contributed by atoms with E-state index in [1.54, 1.807) is 12.1 Å². The minimum absolute atomic E-state index is 0.0459. The van der Waals surface area contributed by atoms with Crippen molar-refractivity contribution in [3.63, 3.8) is 0 Å². The summed E-state index contributed by atoms with van der Waals surface area (Å²) in [5.41, 5.74) is 3.74. The summed E-state index contributed by atoms with van der Waals surface area (Å²) in [6, 6.07) is 5.30. The van der Waals surface area contributed by atoms with Gasteiger partial charge in [0.2, 0.25) is 5.88 Å². The Morgan fingerprint density at radius 2 is 2.00 bits per heavy atom. The van der Waals surface area contributed by atoms with Crippen LogP contribution in [0.25, 0.3) is 0 Å². The van der Waals surface area contributed by atoms with Crippen molar-refractivity contribution in [2.75, 3.05) is 12.4 Å². The Hall–Kier alpha value is -2.76. The molecule has 1 aromatic carbocycles. The molecule has 0 saturated carbocycles. The fourth-order valence-electron chi connectivity index (χ4n) is 4.48. The molecule has 29 heavy (non-hydrogen) atoms. The van der Waals surface area contributed by atoms with Gasteiger partial charge in [-0.15, -0.1) is 0 Å². The lowest BCUT2D eigenvalue weighted by molar-refractivity contribution is -0.118. The van der Waals surface area contributed by atoms with Crippen LogP contribution in [-0.2, 0) is 10.2 Å². The first-order chi connectivity index (χ1) is 13.5. The third kappa shape index (κ3) is 3.20. The Balaban J connectivity index is 1.96. The minimum atomic E-state index is -0.345. The van der Waals surface area contributed by atoms with Crippen molar-refractivity contribution in [2.45, 2.75) is 58.8 Å². The van der Waals surface area contributed by atoms with Crippen LogP contribution < -0.4 is 10.1 Å². The average Bonchev–Trinajstić information content (AvgIpc) is 3.02. The molecule has 2 aromatic rings. The highest BCUT2D eigenvalue weighted by molar-refractivity contribution is 6.01. The van der Waals surface area contributed by atoms with Crippen molar-refractivity contribution >= 4 is 11.7 Å². The first kappa shape index (κ1) is 19.6. The molecular weight excluding hydrogens is 368 g/mol. The Labute approximate surface area is 170 Å². The molecule has 4 rings (SSSR count). The van der Waals surface area contributed by atoms with E-state index >= 15 is 0 Å². The second kappa shape index (κ2) is 6.37. The molecule has 154 valence electrons. The number of aromatic hydroxyl groups is 1. The fourth-order valence-corrected chi connectivity index (χ4v) is 4.48. The third-order valence-corrected chi connectivity index (χ3v) is 5.74. The molecule has 0 saturated heterocycles. The summed E-state index contributed by atoms with van der Waals surface area (Å²) >= 11 is 0. The number of phenolic OH excluding ortho intramolecular Hbond substituents is 1. The molecule has 2 aliphatic rings. The normalized spacial score (nSPS) is 20.8. The zero-order chi connectivity index (χ0) is 21.1. The second-order valence-electron chi connectivity index (χ2n) is 9.85. The summed E-state index contributed by atoms with van der Waals surface area (Å²) in [5, 5.41) is 18.1. The number of allylic oxidation sites excluding steroid dienone is 2. The zero-order valence-electron chi connectivity index (χ0n) is 17.8. The summed E-state index contributed by atoms with van der Waals surface area (Å²) in [6.07, 6.45) is 1.23. The molecule has 6 heteroatoms. The van der Waals surface area contributed by atoms with Crippen LogP contribution in [0.2, 0.25) is 0 Å². The van der Waals surface area contributed by atoms with Crippen molar-refractivity contribution in [3.05, 3.63) is 46.3 Å². The number of ketones is 1. The lowest BCUT2D eigenvalue weighted by Gasteiger charge is -2.38. The molecule has 2 heterocycles. The molecule has 0 amide bonds. The van der Waals surface area contributed by atoms with Gasteiger partial charge in [-0.1, -0.05) is 45.8 Å². The third-order valence-electron chi connectivity index (χ3n) is 5.74. The van der Waals surface area contributed by atoms with E-state index in [4.69, 9.17) is 9.26 Å². The Bertz CT molecular complexity index is 1020. The molecule has 0 radical (unpaired) electrons. The van der Waals surface area contributed by atoms with E-state index in [-0.39, 0.29) is 28.3 Å². The average molecular weight is 396 g/mol. The largest absolute Gasteiger partial charge is 0.504 e. The van der Waals surface area contributed by atoms with Gasteiger partial charge in [0.25, 0.3) is 0 Å². The van der Waals surface area contributed by atoms with Gasteiger partial charge in [0.15, 0.2) is 17.3 Å². The molecule has 0 spiro atoms. The number of hydrogen-bond acceptors (Lipinski definition) is 6. The van der Waals surface area contributed by atoms with E-state index in [2.05, 4.69) is 45.1 Å². The number of anilines is 1. The number of fused-ring (bicyclic) bond motifs is 1. The SMILES string of the molecule is COc1ccc([C@@H]2C3=C(CC(C)(C)CC3=O)Nc3onc(C(C)(C)C)c32)cc1O. The number of aromatic nitrogens is 1. The van der Waals surface area contributed by atoms with E-state index in [0.29, 0.717) is 18.1 Å². The van der Waals surface area contributed by atoms with Crippen LogP contribution in [0, 0.1) is 5.41 Å². The van der Waals surface area contributed by atoms with E-state index in [0.717, 1.165) is 34.5 Å². The van der Waals surface area contributed by atoms with Crippen LogP contribution in [-0.4, -0.2) is 23.2 Å². The van der Waals surface area contributed by atoms with Gasteiger partial charge in [0.1, 0.15) is 0 Å². The number of carbonyl (C=O) groups excluding carboxylic acids is 1. The lowest BCUT2D eigenvalue weighted by atomic mass is 9.68. The molecule has 0 fully saturated rings. The van der Waals surface area contributed by atoms with Crippen molar-refractivity contribution in [2.24, 2.45) is 5.41 Å². The first-order valence-corrected chi connectivity index (χ1v) is 9.92. The van der Waals surface area contributed by atoms with Crippen LogP contribution in [0.15, 0.2) is 34.0 Å². The number of phenols is 1. The molecular formula is C23H28N2O4. The van der Waals surface area contributed by atoms with Gasteiger partial charge in [0.05, 0.1) is 18.4 Å². The zero-order valence-corrected chi connectivity index (χ0v) is 17.8. The summed E-state index contributed by atoms with van der Waals surface area (Å²) in [6.45, 7) is 10.4. The number of methoxy groups -OCH3 is 1. The maximum Gasteiger partial charge on any atom is 0.233 e. The second-order valence-corrected chi connectivity index (χ2v) is 9.85. The van der Waals surface area contributed by atoms with Gasteiger partial charge in [-0.3, -0.25) is 4.79 Å². The number of hydrogen-bond donors (Lipinski definition) is 2. The Morgan fingerprint density at radius 3 is 2.62 bits per heavy atom.